The summed E-state index contributed by atoms with van der Waals surface area (Å²) in [7, 11) is 0. The Balaban J connectivity index is 2.27. The van der Waals surface area contributed by atoms with Gasteiger partial charge in [0.1, 0.15) is 0 Å². The molecule has 1 aromatic carbocycles. The summed E-state index contributed by atoms with van der Waals surface area (Å²) in [5, 5.41) is 14.4. The number of nitrogens with zero attached hydrogens (tertiary/aromatic N) is 2. The van der Waals surface area contributed by atoms with Gasteiger partial charge in [-0.25, -0.2) is 0 Å². The number of para-hydroxylation sites is 1. The van der Waals surface area contributed by atoms with Crippen LogP contribution in [0.5, 0.6) is 0 Å². The van der Waals surface area contributed by atoms with E-state index in [0.717, 1.165) is 17.8 Å². The van der Waals surface area contributed by atoms with Crippen molar-refractivity contribution in [3.63, 3.8) is 0 Å². The molecule has 20 heavy (non-hydrogen) atoms. The minimum Gasteiger partial charge on any atom is -0.345 e. The van der Waals surface area contributed by atoms with Crippen molar-refractivity contribution < 1.29 is 4.92 Å². The SMILES string of the molecule is CCNC(C)c1cccn1Cc1ccccc1[N+](=O)[O-]. The van der Waals surface area contributed by atoms with Gasteiger partial charge in [-0.15, -0.1) is 0 Å². The van der Waals surface area contributed by atoms with Crippen molar-refractivity contribution in [1.29, 1.82) is 0 Å². The molecule has 0 amide bonds. The number of benzene rings is 1. The third-order valence-electron chi connectivity index (χ3n) is 3.35. The van der Waals surface area contributed by atoms with Gasteiger partial charge in [-0.1, -0.05) is 25.1 Å². The van der Waals surface area contributed by atoms with Crippen molar-refractivity contribution in [3.8, 4) is 0 Å². The van der Waals surface area contributed by atoms with E-state index >= 15 is 0 Å². The lowest BCUT2D eigenvalue weighted by atomic mass is 10.1. The Labute approximate surface area is 118 Å². The van der Waals surface area contributed by atoms with Gasteiger partial charge in [0.05, 0.1) is 11.5 Å². The molecule has 0 spiro atoms. The molecule has 0 bridgehead atoms. The van der Waals surface area contributed by atoms with Gasteiger partial charge in [0.15, 0.2) is 0 Å². The number of nitrogens with one attached hydrogen (secondary N) is 1. The molecule has 106 valence electrons. The zero-order valence-electron chi connectivity index (χ0n) is 11.7. The monoisotopic (exact) mass is 273 g/mol. The van der Waals surface area contributed by atoms with Crippen molar-refractivity contribution in [2.45, 2.75) is 26.4 Å². The Bertz CT molecular complexity index is 592. The number of hydrogen-bond donors (Lipinski definition) is 1. The third kappa shape index (κ3) is 3.05. The van der Waals surface area contributed by atoms with Crippen LogP contribution in [0.4, 0.5) is 5.69 Å². The summed E-state index contributed by atoms with van der Waals surface area (Å²) in [6, 6.07) is 11.1. The molecule has 1 atom stereocenters. The molecular weight excluding hydrogens is 254 g/mol. The lowest BCUT2D eigenvalue weighted by Gasteiger charge is -2.16. The molecule has 0 aliphatic heterocycles. The van der Waals surface area contributed by atoms with Crippen LogP contribution in [-0.4, -0.2) is 16.0 Å². The Morgan fingerprint density at radius 2 is 2.05 bits per heavy atom. The van der Waals surface area contributed by atoms with Gasteiger partial charge < -0.3 is 9.88 Å². The van der Waals surface area contributed by atoms with E-state index in [1.165, 1.54) is 0 Å². The minimum atomic E-state index is -0.327. The maximum absolute atomic E-state index is 11.1. The lowest BCUT2D eigenvalue weighted by Crippen LogP contribution is -2.21. The largest absolute Gasteiger partial charge is 0.345 e. The van der Waals surface area contributed by atoms with Crippen LogP contribution in [0.2, 0.25) is 0 Å². The van der Waals surface area contributed by atoms with E-state index in [9.17, 15) is 10.1 Å². The highest BCUT2D eigenvalue weighted by molar-refractivity contribution is 5.40. The molecule has 0 saturated carbocycles. The summed E-state index contributed by atoms with van der Waals surface area (Å²) in [4.78, 5) is 10.7. The Hall–Kier alpha value is -2.14. The van der Waals surface area contributed by atoms with Crippen molar-refractivity contribution in [1.82, 2.24) is 9.88 Å². The van der Waals surface area contributed by atoms with Gasteiger partial charge in [0.25, 0.3) is 5.69 Å². The van der Waals surface area contributed by atoms with Gasteiger partial charge in [-0.2, -0.15) is 0 Å². The van der Waals surface area contributed by atoms with Crippen LogP contribution in [0.1, 0.15) is 31.1 Å². The van der Waals surface area contributed by atoms with Crippen LogP contribution in [0.15, 0.2) is 42.6 Å². The van der Waals surface area contributed by atoms with Gasteiger partial charge in [-0.05, 0) is 25.6 Å². The first-order chi connectivity index (χ1) is 9.63. The third-order valence-corrected chi connectivity index (χ3v) is 3.35. The van der Waals surface area contributed by atoms with Gasteiger partial charge in [0.2, 0.25) is 0 Å². The maximum Gasteiger partial charge on any atom is 0.274 e. The van der Waals surface area contributed by atoms with E-state index in [4.69, 9.17) is 0 Å². The fourth-order valence-electron chi connectivity index (χ4n) is 2.38. The highest BCUT2D eigenvalue weighted by Crippen LogP contribution is 2.21. The zero-order valence-corrected chi connectivity index (χ0v) is 11.7. The lowest BCUT2D eigenvalue weighted by molar-refractivity contribution is -0.385. The van der Waals surface area contributed by atoms with Crippen molar-refractivity contribution in [2.75, 3.05) is 6.54 Å². The average molecular weight is 273 g/mol. The predicted molar refractivity (Wildman–Crippen MR) is 78.7 cm³/mol. The molecule has 5 heteroatoms. The standard InChI is InChI=1S/C15H19N3O2/c1-3-16-12(2)14-9-6-10-17(14)11-13-7-4-5-8-15(13)18(19)20/h4-10,12,16H,3,11H2,1-2H3. The second kappa shape index (κ2) is 6.34. The summed E-state index contributed by atoms with van der Waals surface area (Å²) in [6.45, 7) is 5.55. The molecule has 0 saturated heterocycles. The predicted octanol–water partition coefficient (Wildman–Crippen LogP) is 3.12. The molecule has 0 fully saturated rings. The topological polar surface area (TPSA) is 60.1 Å². The van der Waals surface area contributed by atoms with E-state index in [1.807, 2.05) is 24.4 Å². The number of nitro groups is 1. The molecule has 0 aliphatic carbocycles. The first-order valence-electron chi connectivity index (χ1n) is 6.74. The summed E-state index contributed by atoms with van der Waals surface area (Å²) in [6.07, 6.45) is 1.96. The van der Waals surface area contributed by atoms with E-state index in [2.05, 4.69) is 23.7 Å². The fourth-order valence-corrected chi connectivity index (χ4v) is 2.38. The molecule has 2 aromatic rings. The van der Waals surface area contributed by atoms with Crippen LogP contribution in [-0.2, 0) is 6.54 Å². The number of nitro benzene ring substituents is 1. The van der Waals surface area contributed by atoms with Crippen LogP contribution in [0.25, 0.3) is 0 Å². The summed E-state index contributed by atoms with van der Waals surface area (Å²) in [5.74, 6) is 0. The van der Waals surface area contributed by atoms with E-state index in [0.29, 0.717) is 6.54 Å². The van der Waals surface area contributed by atoms with Gasteiger partial charge in [-0.3, -0.25) is 10.1 Å². The van der Waals surface area contributed by atoms with Crippen LogP contribution >= 0.6 is 0 Å². The molecule has 1 heterocycles. The van der Waals surface area contributed by atoms with Crippen LogP contribution in [0, 0.1) is 10.1 Å². The maximum atomic E-state index is 11.1. The van der Waals surface area contributed by atoms with Gasteiger partial charge in [0, 0.05) is 29.6 Å². The molecule has 0 radical (unpaired) electrons. The smallest absolute Gasteiger partial charge is 0.274 e. The van der Waals surface area contributed by atoms with E-state index in [-0.39, 0.29) is 16.7 Å². The highest BCUT2D eigenvalue weighted by Gasteiger charge is 2.15. The summed E-state index contributed by atoms with van der Waals surface area (Å²) < 4.78 is 2.05. The number of aromatic nitrogens is 1. The van der Waals surface area contributed by atoms with Gasteiger partial charge >= 0.3 is 0 Å². The Kier molecular flexibility index (Phi) is 4.53. The normalized spacial score (nSPS) is 12.3. The van der Waals surface area contributed by atoms with Crippen molar-refractivity contribution in [3.05, 3.63) is 64.0 Å². The molecule has 1 unspecified atom stereocenters. The summed E-state index contributed by atoms with van der Waals surface area (Å²) in [5.41, 5.74) is 2.02. The first kappa shape index (κ1) is 14.3. The molecule has 5 nitrogen and oxygen atoms in total. The Morgan fingerprint density at radius 1 is 1.30 bits per heavy atom. The molecular formula is C15H19N3O2. The molecule has 1 N–H and O–H groups in total. The van der Waals surface area contributed by atoms with Crippen molar-refractivity contribution in [2.24, 2.45) is 0 Å². The Morgan fingerprint density at radius 3 is 2.75 bits per heavy atom. The fraction of sp³-hybridized carbons (Fsp3) is 0.333. The van der Waals surface area contributed by atoms with E-state index < -0.39 is 0 Å². The minimum absolute atomic E-state index is 0.170. The number of rotatable bonds is 6. The zero-order chi connectivity index (χ0) is 14.5. The molecule has 2 rings (SSSR count). The average Bonchev–Trinajstić information content (AvgIpc) is 2.87. The summed E-state index contributed by atoms with van der Waals surface area (Å²) >= 11 is 0. The second-order valence-electron chi connectivity index (χ2n) is 4.73. The second-order valence-corrected chi connectivity index (χ2v) is 4.73. The van der Waals surface area contributed by atoms with Crippen molar-refractivity contribution >= 4 is 5.69 Å². The quantitative estimate of drug-likeness (QED) is 0.650. The first-order valence-corrected chi connectivity index (χ1v) is 6.74. The van der Waals surface area contributed by atoms with Crippen LogP contribution in [0.3, 0.4) is 0 Å². The highest BCUT2D eigenvalue weighted by atomic mass is 16.6. The van der Waals surface area contributed by atoms with Crippen LogP contribution < -0.4 is 5.32 Å². The molecule has 1 aromatic heterocycles. The molecule has 0 aliphatic rings. The van der Waals surface area contributed by atoms with E-state index in [1.54, 1.807) is 18.2 Å². The number of hydrogen-bond acceptors (Lipinski definition) is 3.